The zero-order chi connectivity index (χ0) is 25.1. The number of aryl methyl sites for hydroxylation is 1. The first-order valence-electron chi connectivity index (χ1n) is 12.3. The molecule has 1 aromatic heterocycles. The molecule has 1 saturated carbocycles. The summed E-state index contributed by atoms with van der Waals surface area (Å²) in [6.45, 7) is 12.3. The predicted octanol–water partition coefficient (Wildman–Crippen LogP) is 8.25. The second kappa shape index (κ2) is 16.9. The molecule has 0 bridgehead atoms. The van der Waals surface area contributed by atoms with Crippen LogP contribution in [0.5, 0.6) is 0 Å². The predicted molar refractivity (Wildman–Crippen MR) is 150 cm³/mol. The Balaban J connectivity index is -0.000000635. The molecule has 1 amide bonds. The van der Waals surface area contributed by atoms with E-state index in [1.54, 1.807) is 0 Å². The van der Waals surface area contributed by atoms with Crippen molar-refractivity contribution in [3.8, 4) is 0 Å². The van der Waals surface area contributed by atoms with Crippen molar-refractivity contribution in [1.29, 1.82) is 0 Å². The number of hydrogen-bond donors (Lipinski definition) is 2. The Morgan fingerprint density at radius 1 is 1.28 bits per heavy atom. The van der Waals surface area contributed by atoms with Gasteiger partial charge in [-0.25, -0.2) is 8.78 Å². The summed E-state index contributed by atoms with van der Waals surface area (Å²) in [6.07, 6.45) is 13.0. The van der Waals surface area contributed by atoms with Gasteiger partial charge in [0.25, 0.3) is 0 Å². The first-order chi connectivity index (χ1) is 16.2. The molecule has 1 aliphatic rings. The number of aromatic nitrogens is 1. The maximum atomic E-state index is 13.0. The molecule has 1 fully saturated rings. The molecule has 4 nitrogen and oxygen atoms in total. The first-order valence-corrected chi connectivity index (χ1v) is 12.3. The van der Waals surface area contributed by atoms with E-state index >= 15 is 0 Å². The zero-order valence-corrected chi connectivity index (χ0v) is 21.4. The monoisotopic (exact) mass is 511 g/mol. The summed E-state index contributed by atoms with van der Waals surface area (Å²) in [5, 5.41) is 6.05. The van der Waals surface area contributed by atoms with Gasteiger partial charge < -0.3 is 10.6 Å². The molecule has 206 valence electrons. The van der Waals surface area contributed by atoms with E-state index < -0.39 is 11.6 Å². The molecule has 1 heterocycles. The average molecular weight is 512 g/mol. The van der Waals surface area contributed by atoms with Gasteiger partial charge in [-0.05, 0) is 67.0 Å². The van der Waals surface area contributed by atoms with Gasteiger partial charge in [-0.15, -0.1) is 0 Å². The normalized spacial score (nSPS) is 13.8. The minimum atomic E-state index is -0.757. The van der Waals surface area contributed by atoms with Crippen LogP contribution in [0, 0.1) is 24.5 Å². The highest BCUT2D eigenvalue weighted by Gasteiger charge is 2.15. The molecule has 0 radical (unpaired) electrons. The van der Waals surface area contributed by atoms with E-state index in [0.717, 1.165) is 30.8 Å². The lowest BCUT2D eigenvalue weighted by molar-refractivity contribution is -0.114. The first kappa shape index (κ1) is 33.3. The molecule has 2 aromatic rings. The van der Waals surface area contributed by atoms with Crippen molar-refractivity contribution in [3.63, 3.8) is 0 Å². The number of hydrogen-bond acceptors (Lipinski definition) is 3. The molecular weight excluding hydrogens is 463 g/mol. The van der Waals surface area contributed by atoms with E-state index in [9.17, 15) is 13.6 Å². The molecule has 3 rings (SSSR count). The fraction of sp³-hybridized carbons (Fsp3) is 0.517. The molecule has 1 unspecified atom stereocenters. The van der Waals surface area contributed by atoms with Crippen LogP contribution in [-0.4, -0.2) is 16.9 Å². The lowest BCUT2D eigenvalue weighted by Crippen LogP contribution is -2.31. The Morgan fingerprint density at radius 3 is 2.50 bits per heavy atom. The number of rotatable bonds is 8. The van der Waals surface area contributed by atoms with Crippen LogP contribution < -0.4 is 10.6 Å². The van der Waals surface area contributed by atoms with Crippen LogP contribution >= 0.6 is 0 Å². The Kier molecular flexibility index (Phi) is 15.6. The number of halogens is 3. The molecule has 0 saturated heterocycles. The number of amides is 1. The lowest BCUT2D eigenvalue weighted by Gasteiger charge is -2.24. The number of anilines is 1. The third kappa shape index (κ3) is 10.5. The Labute approximate surface area is 218 Å². The van der Waals surface area contributed by atoms with Crippen LogP contribution in [0.15, 0.2) is 31.0 Å². The summed E-state index contributed by atoms with van der Waals surface area (Å²) in [5.74, 6) is -1.09. The van der Waals surface area contributed by atoms with Gasteiger partial charge in [-0.1, -0.05) is 53.5 Å². The molecule has 1 aromatic carbocycles. The van der Waals surface area contributed by atoms with Crippen LogP contribution in [0.2, 0.25) is 0 Å². The van der Waals surface area contributed by atoms with Crippen molar-refractivity contribution in [1.82, 2.24) is 10.3 Å². The third-order valence-corrected chi connectivity index (χ3v) is 6.37. The van der Waals surface area contributed by atoms with E-state index in [-0.39, 0.29) is 26.6 Å². The second-order valence-electron chi connectivity index (χ2n) is 9.23. The van der Waals surface area contributed by atoms with E-state index in [1.165, 1.54) is 63.5 Å². The summed E-state index contributed by atoms with van der Waals surface area (Å²) < 4.78 is 25.6. The Morgan fingerprint density at radius 2 is 1.94 bits per heavy atom. The van der Waals surface area contributed by atoms with Crippen molar-refractivity contribution in [2.75, 3.05) is 5.32 Å². The highest BCUT2D eigenvalue weighted by molar-refractivity contribution is 5.89. The molecule has 0 aliphatic heterocycles. The van der Waals surface area contributed by atoms with Crippen molar-refractivity contribution in [2.24, 2.45) is 5.92 Å². The van der Waals surface area contributed by atoms with Crippen molar-refractivity contribution in [3.05, 3.63) is 65.0 Å². The van der Waals surface area contributed by atoms with E-state index in [2.05, 4.69) is 42.1 Å². The van der Waals surface area contributed by atoms with Gasteiger partial charge in [-0.2, -0.15) is 0 Å². The maximum Gasteiger partial charge on any atom is 0.221 e. The van der Waals surface area contributed by atoms with Crippen LogP contribution in [-0.2, 0) is 17.8 Å². The molecule has 36 heavy (non-hydrogen) atoms. The van der Waals surface area contributed by atoms with Gasteiger partial charge in [0.1, 0.15) is 11.6 Å². The number of benzene rings is 1. The van der Waals surface area contributed by atoms with E-state index in [4.69, 9.17) is 0 Å². The molecular formula is C29H48F3N3O. The Hall–Kier alpha value is -2.67. The quantitative estimate of drug-likeness (QED) is 0.375. The largest absolute Gasteiger partial charge is 0.324 e. The molecule has 7 heteroatoms. The maximum absolute atomic E-state index is 13.0. The zero-order valence-electron chi connectivity index (χ0n) is 21.4. The molecule has 1 aliphatic carbocycles. The van der Waals surface area contributed by atoms with Crippen LogP contribution in [0.25, 0.3) is 6.08 Å². The van der Waals surface area contributed by atoms with Crippen LogP contribution in [0.4, 0.5) is 19.2 Å². The van der Waals surface area contributed by atoms with Gasteiger partial charge in [0.05, 0.1) is 11.4 Å². The van der Waals surface area contributed by atoms with E-state index in [0.29, 0.717) is 17.5 Å². The average Bonchev–Trinajstić information content (AvgIpc) is 2.81. The van der Waals surface area contributed by atoms with Gasteiger partial charge in [0.15, 0.2) is 0 Å². The summed E-state index contributed by atoms with van der Waals surface area (Å²) in [7, 11) is 0. The fourth-order valence-electron chi connectivity index (χ4n) is 4.22. The van der Waals surface area contributed by atoms with Crippen molar-refractivity contribution >= 4 is 17.7 Å². The highest BCUT2D eigenvalue weighted by Crippen LogP contribution is 2.22. The smallest absolute Gasteiger partial charge is 0.221 e. The van der Waals surface area contributed by atoms with Gasteiger partial charge in [0, 0.05) is 34.6 Å². The molecule has 2 N–H and O–H groups in total. The number of carbonyl (C=O) groups is 1. The van der Waals surface area contributed by atoms with E-state index in [1.807, 2.05) is 12.3 Å². The van der Waals surface area contributed by atoms with Crippen molar-refractivity contribution < 1.29 is 21.1 Å². The topological polar surface area (TPSA) is 54.0 Å². The SMILES string of the molecule is C.C=Cc1nccc(CNC2CCCCC2)c1CC(C)CC.CC(=O)Nc1c(C)cc(F)cc1F.F.[HH].[HH]. The fourth-order valence-corrected chi connectivity index (χ4v) is 4.22. The summed E-state index contributed by atoms with van der Waals surface area (Å²) in [6, 6.07) is 4.78. The highest BCUT2D eigenvalue weighted by atomic mass is 19.1. The summed E-state index contributed by atoms with van der Waals surface area (Å²) in [5.41, 5.74) is 4.27. The number of pyridine rings is 1. The van der Waals surface area contributed by atoms with Gasteiger partial charge >= 0.3 is 0 Å². The van der Waals surface area contributed by atoms with Gasteiger partial charge in [0.2, 0.25) is 5.91 Å². The number of carbonyl (C=O) groups excluding carboxylic acids is 1. The minimum Gasteiger partial charge on any atom is -0.324 e. The molecule has 1 atom stereocenters. The van der Waals surface area contributed by atoms with Crippen molar-refractivity contribution in [2.45, 2.75) is 92.7 Å². The van der Waals surface area contributed by atoms with Crippen LogP contribution in [0.1, 0.15) is 92.0 Å². The lowest BCUT2D eigenvalue weighted by atomic mass is 9.92. The number of nitrogens with one attached hydrogen (secondary N) is 2. The third-order valence-electron chi connectivity index (χ3n) is 6.37. The second-order valence-corrected chi connectivity index (χ2v) is 9.23. The van der Waals surface area contributed by atoms with Crippen LogP contribution in [0.3, 0.4) is 0 Å². The number of nitrogens with zero attached hydrogens (tertiary/aromatic N) is 1. The summed E-state index contributed by atoms with van der Waals surface area (Å²) >= 11 is 0. The Bertz CT molecular complexity index is 947. The minimum absolute atomic E-state index is 0. The molecule has 0 spiro atoms. The summed E-state index contributed by atoms with van der Waals surface area (Å²) in [4.78, 5) is 15.1. The standard InChI is InChI=1S/C19H30N2.C9H9F2NO.CH4.FH.2H2/c1-4-15(3)13-18-16(11-12-20-19(18)5-2)14-21-17-9-7-6-8-10-17;1-5-3-7(10)4-8(11)9(5)12-6(2)13;;;;/h5,11-12,15,17,21H,2,4,6-10,13-14H2,1,3H3;3-4H,1-2H3,(H,12,13);1H4;3*1H. The van der Waals surface area contributed by atoms with Gasteiger partial charge in [-0.3, -0.25) is 14.5 Å².